The maximum absolute atomic E-state index is 12.0. The molecule has 0 saturated carbocycles. The van der Waals surface area contributed by atoms with Crippen molar-refractivity contribution in [2.45, 2.75) is 6.42 Å². The lowest BCUT2D eigenvalue weighted by molar-refractivity contribution is 0.0603. The fourth-order valence-electron chi connectivity index (χ4n) is 3.84. The van der Waals surface area contributed by atoms with Crippen LogP contribution in [-0.4, -0.2) is 62.3 Å². The van der Waals surface area contributed by atoms with Gasteiger partial charge in [0.25, 0.3) is 0 Å². The van der Waals surface area contributed by atoms with Crippen LogP contribution in [0.3, 0.4) is 0 Å². The van der Waals surface area contributed by atoms with E-state index in [1.807, 2.05) is 54.6 Å². The molecule has 6 heteroatoms. The van der Waals surface area contributed by atoms with Gasteiger partial charge >= 0.3 is 5.97 Å². The number of methoxy groups -OCH3 is 1. The number of fused-ring (bicyclic) bond motifs is 1. The van der Waals surface area contributed by atoms with Crippen molar-refractivity contribution >= 4 is 29.0 Å². The van der Waals surface area contributed by atoms with Gasteiger partial charge < -0.3 is 19.7 Å². The highest BCUT2D eigenvalue weighted by Crippen LogP contribution is 2.21. The second kappa shape index (κ2) is 10.9. The Kier molecular flexibility index (Phi) is 7.48. The molecule has 1 aliphatic rings. The van der Waals surface area contributed by atoms with E-state index in [0.29, 0.717) is 5.56 Å². The first-order chi connectivity index (χ1) is 15.7. The summed E-state index contributed by atoms with van der Waals surface area (Å²) < 4.78 is 10.8. The van der Waals surface area contributed by atoms with Crippen molar-refractivity contribution in [2.75, 3.05) is 46.4 Å². The second-order valence-electron chi connectivity index (χ2n) is 7.82. The SMILES string of the molecule is COC(=O)c1ccnc2ccc(/C=C/c3ccc(OCCCN4CCNCC4)cc3)cc12. The maximum Gasteiger partial charge on any atom is 0.338 e. The van der Waals surface area contributed by atoms with Gasteiger partial charge in [-0.3, -0.25) is 4.98 Å². The Hall–Kier alpha value is -3.22. The predicted molar refractivity (Wildman–Crippen MR) is 128 cm³/mol. The summed E-state index contributed by atoms with van der Waals surface area (Å²) in [5.74, 6) is 0.531. The number of pyridine rings is 1. The van der Waals surface area contributed by atoms with Crippen LogP contribution in [0.4, 0.5) is 0 Å². The van der Waals surface area contributed by atoms with Crippen LogP contribution in [0.2, 0.25) is 0 Å². The zero-order chi connectivity index (χ0) is 22.2. The standard InChI is InChI=1S/C26H29N3O3/c1-31-26(30)23-11-12-28-25-10-7-21(19-24(23)25)4-3-20-5-8-22(9-6-20)32-18-2-15-29-16-13-27-14-17-29/h3-12,19,27H,2,13-18H2,1H3/b4-3+. The fourth-order valence-corrected chi connectivity index (χ4v) is 3.84. The summed E-state index contributed by atoms with van der Waals surface area (Å²) in [7, 11) is 1.39. The van der Waals surface area contributed by atoms with E-state index in [4.69, 9.17) is 9.47 Å². The quantitative estimate of drug-likeness (QED) is 0.332. The summed E-state index contributed by atoms with van der Waals surface area (Å²) in [6, 6.07) is 15.6. The lowest BCUT2D eigenvalue weighted by atomic mass is 10.0. The Morgan fingerprint density at radius 2 is 1.81 bits per heavy atom. The Morgan fingerprint density at radius 1 is 1.06 bits per heavy atom. The van der Waals surface area contributed by atoms with Gasteiger partial charge in [-0.2, -0.15) is 0 Å². The van der Waals surface area contributed by atoms with Crippen LogP contribution in [-0.2, 0) is 4.74 Å². The summed E-state index contributed by atoms with van der Waals surface area (Å²) in [4.78, 5) is 18.9. The summed E-state index contributed by atoms with van der Waals surface area (Å²) >= 11 is 0. The van der Waals surface area contributed by atoms with Crippen molar-refractivity contribution in [3.8, 4) is 5.75 Å². The lowest BCUT2D eigenvalue weighted by Crippen LogP contribution is -2.43. The smallest absolute Gasteiger partial charge is 0.338 e. The van der Waals surface area contributed by atoms with Crippen LogP contribution in [0.1, 0.15) is 27.9 Å². The minimum atomic E-state index is -0.359. The molecule has 0 radical (unpaired) electrons. The molecule has 0 amide bonds. The molecular formula is C26H29N3O3. The molecule has 4 rings (SSSR count). The Morgan fingerprint density at radius 3 is 2.59 bits per heavy atom. The molecular weight excluding hydrogens is 402 g/mol. The number of benzene rings is 2. The minimum absolute atomic E-state index is 0.359. The average molecular weight is 432 g/mol. The molecule has 1 aromatic heterocycles. The molecule has 3 aromatic rings. The van der Waals surface area contributed by atoms with Gasteiger partial charge in [0.1, 0.15) is 5.75 Å². The lowest BCUT2D eigenvalue weighted by Gasteiger charge is -2.26. The average Bonchev–Trinajstić information content (AvgIpc) is 2.85. The van der Waals surface area contributed by atoms with Gasteiger partial charge in [0.15, 0.2) is 0 Å². The van der Waals surface area contributed by atoms with Gasteiger partial charge in [-0.1, -0.05) is 30.4 Å². The molecule has 2 heterocycles. The summed E-state index contributed by atoms with van der Waals surface area (Å²) in [5, 5.41) is 4.16. The zero-order valence-electron chi connectivity index (χ0n) is 18.4. The van der Waals surface area contributed by atoms with Gasteiger partial charge in [-0.05, 0) is 47.9 Å². The van der Waals surface area contributed by atoms with E-state index in [1.54, 1.807) is 12.3 Å². The van der Waals surface area contributed by atoms with Crippen molar-refractivity contribution in [1.29, 1.82) is 0 Å². The number of nitrogens with zero attached hydrogens (tertiary/aromatic N) is 2. The summed E-state index contributed by atoms with van der Waals surface area (Å²) in [6.07, 6.45) is 6.73. The molecule has 0 spiro atoms. The fraction of sp³-hybridized carbons (Fsp3) is 0.308. The van der Waals surface area contributed by atoms with E-state index in [1.165, 1.54) is 7.11 Å². The van der Waals surface area contributed by atoms with Gasteiger partial charge in [0, 0.05) is 44.3 Å². The number of aromatic nitrogens is 1. The van der Waals surface area contributed by atoms with E-state index >= 15 is 0 Å². The largest absolute Gasteiger partial charge is 0.494 e. The predicted octanol–water partition coefficient (Wildman–Crippen LogP) is 3.87. The number of carbonyl (C=O) groups is 1. The summed E-state index contributed by atoms with van der Waals surface area (Å²) in [5.41, 5.74) is 3.36. The molecule has 32 heavy (non-hydrogen) atoms. The number of hydrogen-bond acceptors (Lipinski definition) is 6. The van der Waals surface area contributed by atoms with Gasteiger partial charge in [-0.25, -0.2) is 4.79 Å². The number of piperazine rings is 1. The van der Waals surface area contributed by atoms with Gasteiger partial charge in [0.2, 0.25) is 0 Å². The van der Waals surface area contributed by atoms with E-state index in [2.05, 4.69) is 15.2 Å². The van der Waals surface area contributed by atoms with E-state index < -0.39 is 0 Å². The molecule has 1 aliphatic heterocycles. The number of ether oxygens (including phenoxy) is 2. The Balaban J connectivity index is 1.34. The van der Waals surface area contributed by atoms with Crippen LogP contribution in [0.15, 0.2) is 54.7 Å². The first-order valence-corrected chi connectivity index (χ1v) is 11.0. The number of rotatable bonds is 8. The Bertz CT molecular complexity index is 1070. The van der Waals surface area contributed by atoms with Crippen LogP contribution in [0, 0.1) is 0 Å². The van der Waals surface area contributed by atoms with Crippen LogP contribution in [0.5, 0.6) is 5.75 Å². The monoisotopic (exact) mass is 431 g/mol. The molecule has 2 aromatic carbocycles. The van der Waals surface area contributed by atoms with Crippen molar-refractivity contribution in [3.05, 3.63) is 71.4 Å². The van der Waals surface area contributed by atoms with E-state index in [-0.39, 0.29) is 5.97 Å². The Labute approximate surface area is 188 Å². The highest BCUT2D eigenvalue weighted by Gasteiger charge is 2.11. The highest BCUT2D eigenvalue weighted by molar-refractivity contribution is 6.03. The highest BCUT2D eigenvalue weighted by atomic mass is 16.5. The van der Waals surface area contributed by atoms with Crippen LogP contribution < -0.4 is 10.1 Å². The normalized spacial score (nSPS) is 14.7. The summed E-state index contributed by atoms with van der Waals surface area (Å²) in [6.45, 7) is 6.22. The van der Waals surface area contributed by atoms with Crippen LogP contribution in [0.25, 0.3) is 23.1 Å². The number of hydrogen-bond donors (Lipinski definition) is 1. The molecule has 166 valence electrons. The number of nitrogens with one attached hydrogen (secondary N) is 1. The first-order valence-electron chi connectivity index (χ1n) is 11.0. The van der Waals surface area contributed by atoms with Crippen molar-refractivity contribution < 1.29 is 14.3 Å². The topological polar surface area (TPSA) is 63.7 Å². The third-order valence-corrected chi connectivity index (χ3v) is 5.62. The molecule has 1 fully saturated rings. The second-order valence-corrected chi connectivity index (χ2v) is 7.82. The molecule has 0 aliphatic carbocycles. The zero-order valence-corrected chi connectivity index (χ0v) is 18.4. The molecule has 0 unspecified atom stereocenters. The third-order valence-electron chi connectivity index (χ3n) is 5.62. The van der Waals surface area contributed by atoms with Crippen molar-refractivity contribution in [2.24, 2.45) is 0 Å². The molecule has 6 nitrogen and oxygen atoms in total. The van der Waals surface area contributed by atoms with E-state index in [0.717, 1.165) is 73.5 Å². The van der Waals surface area contributed by atoms with Gasteiger partial charge in [-0.15, -0.1) is 0 Å². The first kappa shape index (κ1) is 22.0. The van der Waals surface area contributed by atoms with Crippen molar-refractivity contribution in [1.82, 2.24) is 15.2 Å². The van der Waals surface area contributed by atoms with Crippen molar-refractivity contribution in [3.63, 3.8) is 0 Å². The number of carbonyl (C=O) groups excluding carboxylic acids is 1. The van der Waals surface area contributed by atoms with Gasteiger partial charge in [0.05, 0.1) is 24.8 Å². The van der Waals surface area contributed by atoms with Crippen LogP contribution >= 0.6 is 0 Å². The molecule has 0 bridgehead atoms. The molecule has 0 atom stereocenters. The molecule has 1 N–H and O–H groups in total. The maximum atomic E-state index is 12.0. The molecule has 1 saturated heterocycles. The third kappa shape index (κ3) is 5.72. The van der Waals surface area contributed by atoms with E-state index in [9.17, 15) is 4.79 Å². The number of esters is 1. The minimum Gasteiger partial charge on any atom is -0.494 e.